The molecular weight excluding hydrogens is 228 g/mol. The zero-order valence-corrected chi connectivity index (χ0v) is 10.9. The smallest absolute Gasteiger partial charge is 0.134 e. The Morgan fingerprint density at radius 3 is 2.78 bits per heavy atom. The average Bonchev–Trinajstić information content (AvgIpc) is 2.73. The molecule has 1 atom stereocenters. The zero-order chi connectivity index (χ0) is 13.1. The van der Waals surface area contributed by atoms with E-state index >= 15 is 0 Å². The third-order valence-corrected chi connectivity index (χ3v) is 2.75. The average molecular weight is 246 g/mol. The Labute approximate surface area is 107 Å². The highest BCUT2D eigenvalue weighted by Crippen LogP contribution is 2.22. The SMILES string of the molecule is Cc1cc([C@H](C)N)ccc1OCc1cn(C)nn1. The fourth-order valence-electron chi connectivity index (χ4n) is 1.73. The second kappa shape index (κ2) is 5.18. The standard InChI is InChI=1S/C13H18N4O/c1-9-6-11(10(2)14)4-5-13(9)18-8-12-7-17(3)16-15-12/h4-7,10H,8,14H2,1-3H3/t10-/m0/s1. The summed E-state index contributed by atoms with van der Waals surface area (Å²) >= 11 is 0. The molecule has 0 amide bonds. The first-order valence-electron chi connectivity index (χ1n) is 5.90. The number of aryl methyl sites for hydroxylation is 2. The summed E-state index contributed by atoms with van der Waals surface area (Å²) in [7, 11) is 1.83. The van der Waals surface area contributed by atoms with Crippen molar-refractivity contribution in [1.29, 1.82) is 0 Å². The quantitative estimate of drug-likeness (QED) is 0.892. The summed E-state index contributed by atoms with van der Waals surface area (Å²) in [5.41, 5.74) is 8.84. The fraction of sp³-hybridized carbons (Fsp3) is 0.385. The molecule has 96 valence electrons. The molecule has 0 spiro atoms. The lowest BCUT2D eigenvalue weighted by Crippen LogP contribution is -2.05. The van der Waals surface area contributed by atoms with E-state index in [1.54, 1.807) is 4.68 Å². The largest absolute Gasteiger partial charge is 0.487 e. The molecule has 2 aromatic rings. The molecule has 2 N–H and O–H groups in total. The van der Waals surface area contributed by atoms with Crippen molar-refractivity contribution in [2.45, 2.75) is 26.5 Å². The Bertz CT molecular complexity index is 534. The van der Waals surface area contributed by atoms with E-state index in [0.29, 0.717) is 6.61 Å². The monoisotopic (exact) mass is 246 g/mol. The molecule has 0 aliphatic rings. The van der Waals surface area contributed by atoms with Crippen LogP contribution in [-0.2, 0) is 13.7 Å². The predicted octanol–water partition coefficient (Wildman–Crippen LogP) is 1.72. The van der Waals surface area contributed by atoms with Crippen molar-refractivity contribution in [3.63, 3.8) is 0 Å². The van der Waals surface area contributed by atoms with Crippen LogP contribution in [0.1, 0.15) is 29.8 Å². The summed E-state index contributed by atoms with van der Waals surface area (Å²) in [4.78, 5) is 0. The van der Waals surface area contributed by atoms with Crippen LogP contribution in [0.4, 0.5) is 0 Å². The first-order chi connectivity index (χ1) is 8.56. The van der Waals surface area contributed by atoms with Crippen LogP contribution in [0.5, 0.6) is 5.75 Å². The van der Waals surface area contributed by atoms with Gasteiger partial charge in [0.05, 0.1) is 6.20 Å². The van der Waals surface area contributed by atoms with Crippen molar-refractivity contribution >= 4 is 0 Å². The summed E-state index contributed by atoms with van der Waals surface area (Å²) in [6.45, 7) is 4.40. The molecule has 0 saturated heterocycles. The molecule has 1 aromatic heterocycles. The van der Waals surface area contributed by atoms with Gasteiger partial charge in [0.2, 0.25) is 0 Å². The molecule has 0 aliphatic carbocycles. The van der Waals surface area contributed by atoms with Gasteiger partial charge in [-0.2, -0.15) is 0 Å². The second-order valence-corrected chi connectivity index (χ2v) is 4.49. The summed E-state index contributed by atoms with van der Waals surface area (Å²) in [5.74, 6) is 0.852. The molecule has 0 saturated carbocycles. The van der Waals surface area contributed by atoms with E-state index in [9.17, 15) is 0 Å². The van der Waals surface area contributed by atoms with Gasteiger partial charge in [0.1, 0.15) is 18.1 Å². The van der Waals surface area contributed by atoms with Gasteiger partial charge in [0.25, 0.3) is 0 Å². The summed E-state index contributed by atoms with van der Waals surface area (Å²) < 4.78 is 7.37. The number of nitrogens with two attached hydrogens (primary N) is 1. The lowest BCUT2D eigenvalue weighted by molar-refractivity contribution is 0.299. The normalized spacial score (nSPS) is 12.4. The van der Waals surface area contributed by atoms with Gasteiger partial charge in [-0.3, -0.25) is 4.68 Å². The van der Waals surface area contributed by atoms with Gasteiger partial charge in [0, 0.05) is 13.1 Å². The van der Waals surface area contributed by atoms with Crippen LogP contribution in [0.2, 0.25) is 0 Å². The number of hydrogen-bond donors (Lipinski definition) is 1. The van der Waals surface area contributed by atoms with E-state index in [1.165, 1.54) is 0 Å². The van der Waals surface area contributed by atoms with Crippen molar-refractivity contribution in [3.8, 4) is 5.75 Å². The van der Waals surface area contributed by atoms with Crippen molar-refractivity contribution in [3.05, 3.63) is 41.2 Å². The van der Waals surface area contributed by atoms with Gasteiger partial charge in [-0.25, -0.2) is 0 Å². The third-order valence-electron chi connectivity index (χ3n) is 2.75. The molecule has 0 aliphatic heterocycles. The fourth-order valence-corrected chi connectivity index (χ4v) is 1.73. The van der Waals surface area contributed by atoms with Gasteiger partial charge >= 0.3 is 0 Å². The van der Waals surface area contributed by atoms with Gasteiger partial charge in [0.15, 0.2) is 0 Å². The molecule has 5 heteroatoms. The van der Waals surface area contributed by atoms with Crippen LogP contribution in [-0.4, -0.2) is 15.0 Å². The Morgan fingerprint density at radius 1 is 1.44 bits per heavy atom. The summed E-state index contributed by atoms with van der Waals surface area (Å²) in [6.07, 6.45) is 1.84. The lowest BCUT2D eigenvalue weighted by Gasteiger charge is -2.11. The molecule has 0 radical (unpaired) electrons. The molecule has 1 heterocycles. The van der Waals surface area contributed by atoms with E-state index in [4.69, 9.17) is 10.5 Å². The number of aromatic nitrogens is 3. The van der Waals surface area contributed by atoms with Crippen molar-refractivity contribution < 1.29 is 4.74 Å². The molecule has 18 heavy (non-hydrogen) atoms. The maximum Gasteiger partial charge on any atom is 0.134 e. The van der Waals surface area contributed by atoms with Gasteiger partial charge in [-0.15, -0.1) is 5.10 Å². The van der Waals surface area contributed by atoms with E-state index < -0.39 is 0 Å². The first kappa shape index (κ1) is 12.6. The lowest BCUT2D eigenvalue weighted by atomic mass is 10.1. The topological polar surface area (TPSA) is 66.0 Å². The van der Waals surface area contributed by atoms with E-state index in [0.717, 1.165) is 22.6 Å². The number of rotatable bonds is 4. The predicted molar refractivity (Wildman–Crippen MR) is 69.1 cm³/mol. The number of ether oxygens (including phenoxy) is 1. The van der Waals surface area contributed by atoms with Crippen LogP contribution in [0.25, 0.3) is 0 Å². The highest BCUT2D eigenvalue weighted by molar-refractivity contribution is 5.37. The van der Waals surface area contributed by atoms with Gasteiger partial charge < -0.3 is 10.5 Å². The van der Waals surface area contributed by atoms with E-state index in [-0.39, 0.29) is 6.04 Å². The Morgan fingerprint density at radius 2 is 2.22 bits per heavy atom. The van der Waals surface area contributed by atoms with Gasteiger partial charge in [-0.1, -0.05) is 17.3 Å². The Balaban J connectivity index is 2.05. The highest BCUT2D eigenvalue weighted by atomic mass is 16.5. The number of hydrogen-bond acceptors (Lipinski definition) is 4. The van der Waals surface area contributed by atoms with Crippen molar-refractivity contribution in [2.75, 3.05) is 0 Å². The molecule has 2 rings (SSSR count). The number of benzene rings is 1. The summed E-state index contributed by atoms with van der Waals surface area (Å²) in [5, 5.41) is 7.83. The third kappa shape index (κ3) is 2.87. The van der Waals surface area contributed by atoms with Crippen LogP contribution in [0, 0.1) is 6.92 Å². The van der Waals surface area contributed by atoms with E-state index in [2.05, 4.69) is 16.4 Å². The Kier molecular flexibility index (Phi) is 3.62. The van der Waals surface area contributed by atoms with Crippen molar-refractivity contribution in [2.24, 2.45) is 12.8 Å². The van der Waals surface area contributed by atoms with Crippen LogP contribution in [0.15, 0.2) is 24.4 Å². The minimum atomic E-state index is 0.0396. The molecule has 0 bridgehead atoms. The molecule has 1 aromatic carbocycles. The van der Waals surface area contributed by atoms with Crippen LogP contribution >= 0.6 is 0 Å². The highest BCUT2D eigenvalue weighted by Gasteiger charge is 2.05. The molecule has 0 unspecified atom stereocenters. The maximum atomic E-state index is 5.84. The molecule has 0 fully saturated rings. The van der Waals surface area contributed by atoms with E-state index in [1.807, 2.05) is 39.2 Å². The summed E-state index contributed by atoms with van der Waals surface area (Å²) in [6, 6.07) is 6.03. The zero-order valence-electron chi connectivity index (χ0n) is 10.9. The van der Waals surface area contributed by atoms with Crippen LogP contribution < -0.4 is 10.5 Å². The minimum Gasteiger partial charge on any atom is -0.487 e. The van der Waals surface area contributed by atoms with Crippen LogP contribution in [0.3, 0.4) is 0 Å². The first-order valence-corrected chi connectivity index (χ1v) is 5.90. The Hall–Kier alpha value is -1.88. The number of nitrogens with zero attached hydrogens (tertiary/aromatic N) is 3. The van der Waals surface area contributed by atoms with Gasteiger partial charge in [-0.05, 0) is 31.0 Å². The molecule has 5 nitrogen and oxygen atoms in total. The second-order valence-electron chi connectivity index (χ2n) is 4.49. The molecular formula is C13H18N4O. The minimum absolute atomic E-state index is 0.0396. The van der Waals surface area contributed by atoms with Crippen molar-refractivity contribution in [1.82, 2.24) is 15.0 Å². The maximum absolute atomic E-state index is 5.84.